The Balaban J connectivity index is 1.96. The monoisotopic (exact) mass is 642 g/mol. The third kappa shape index (κ3) is 7.33. The summed E-state index contributed by atoms with van der Waals surface area (Å²) in [6, 6.07) is 3.88. The number of halogens is 5. The minimum atomic E-state index is -5.02. The Morgan fingerprint density at radius 2 is 1.63 bits per heavy atom. The van der Waals surface area contributed by atoms with Gasteiger partial charge in [0.25, 0.3) is 10.0 Å². The number of thiophene rings is 1. The summed E-state index contributed by atoms with van der Waals surface area (Å²) in [5.41, 5.74) is 8.55. The van der Waals surface area contributed by atoms with Crippen molar-refractivity contribution in [2.75, 3.05) is 32.6 Å². The number of sulfonamides is 1. The first-order valence-electron chi connectivity index (χ1n) is 11.7. The summed E-state index contributed by atoms with van der Waals surface area (Å²) in [6.07, 6.45) is -5.69. The van der Waals surface area contributed by atoms with Crippen LogP contribution in [0.1, 0.15) is 24.0 Å². The molecule has 224 valence electrons. The molecular formula is C23H24F5N4O6PS2. The predicted molar refractivity (Wildman–Crippen MR) is 141 cm³/mol. The summed E-state index contributed by atoms with van der Waals surface area (Å²) in [6.45, 7) is 0.189. The first-order valence-corrected chi connectivity index (χ1v) is 15.9. The zero-order valence-corrected chi connectivity index (χ0v) is 23.5. The van der Waals surface area contributed by atoms with Gasteiger partial charge in [-0.1, -0.05) is 0 Å². The fourth-order valence-electron chi connectivity index (χ4n) is 3.44. The van der Waals surface area contributed by atoms with Crippen LogP contribution < -0.4 is 31.0 Å². The van der Waals surface area contributed by atoms with Crippen molar-refractivity contribution in [1.82, 2.24) is 4.72 Å². The van der Waals surface area contributed by atoms with E-state index >= 15 is 8.78 Å². The lowest BCUT2D eigenvalue weighted by molar-refractivity contribution is -0.137. The van der Waals surface area contributed by atoms with Crippen LogP contribution in [0.4, 0.5) is 22.0 Å². The van der Waals surface area contributed by atoms with E-state index in [9.17, 15) is 31.0 Å². The zero-order chi connectivity index (χ0) is 30.6. The molecule has 41 heavy (non-hydrogen) atoms. The molecule has 2 aromatic carbocycles. The van der Waals surface area contributed by atoms with E-state index in [2.05, 4.69) is 0 Å². The van der Waals surface area contributed by atoms with E-state index in [1.807, 2.05) is 0 Å². The molecule has 1 aromatic heterocycles. The van der Waals surface area contributed by atoms with Crippen molar-refractivity contribution < 1.29 is 49.3 Å². The number of fused-ring (bicyclic) bond motifs is 1. The minimum absolute atomic E-state index is 0.0963. The second-order valence-electron chi connectivity index (χ2n) is 8.42. The summed E-state index contributed by atoms with van der Waals surface area (Å²) in [7, 11) is -9.50. The summed E-state index contributed by atoms with van der Waals surface area (Å²) >= 11 is 0.291. The van der Waals surface area contributed by atoms with Crippen molar-refractivity contribution in [3.8, 4) is 17.6 Å². The molecule has 3 aromatic rings. The standard InChI is InChI=1S/C23H24F5N4O6PS2/c24-18-15-10-17(40-22(15)19(25)21(38-8-2-6-30)20(18)37-7-1-5-29)41(35,36)32-12-39(33,34)14-4-3-13(11-31)16(9-14)23(26,27)28/h3-4,9-10,32H,1-2,5-8,12,29-30H2,(H,33,34). The molecule has 18 heteroatoms. The molecule has 1 atom stereocenters. The van der Waals surface area contributed by atoms with Gasteiger partial charge in [0.2, 0.25) is 18.9 Å². The van der Waals surface area contributed by atoms with Crippen molar-refractivity contribution in [3.63, 3.8) is 0 Å². The number of nitriles is 1. The molecule has 0 bridgehead atoms. The van der Waals surface area contributed by atoms with Gasteiger partial charge in [0.1, 0.15) is 4.21 Å². The topological polar surface area (TPSA) is 178 Å². The molecule has 0 spiro atoms. The van der Waals surface area contributed by atoms with Gasteiger partial charge >= 0.3 is 6.18 Å². The number of nitrogens with zero attached hydrogens (tertiary/aromatic N) is 1. The first kappa shape index (κ1) is 32.7. The molecule has 0 radical (unpaired) electrons. The summed E-state index contributed by atoms with van der Waals surface area (Å²) in [5.74, 6) is -3.43. The number of rotatable bonds is 13. The van der Waals surface area contributed by atoms with Crippen molar-refractivity contribution in [1.29, 1.82) is 5.26 Å². The van der Waals surface area contributed by atoms with E-state index in [-0.39, 0.29) is 32.4 Å². The van der Waals surface area contributed by atoms with Crippen LogP contribution in [0.25, 0.3) is 10.1 Å². The Morgan fingerprint density at radius 3 is 2.17 bits per heavy atom. The van der Waals surface area contributed by atoms with Gasteiger partial charge in [-0.3, -0.25) is 4.57 Å². The highest BCUT2D eigenvalue weighted by Gasteiger charge is 2.36. The van der Waals surface area contributed by atoms with Gasteiger partial charge in [-0.05, 0) is 50.2 Å². The van der Waals surface area contributed by atoms with Crippen molar-refractivity contribution in [2.24, 2.45) is 11.5 Å². The molecular weight excluding hydrogens is 618 g/mol. The molecule has 10 nitrogen and oxygen atoms in total. The van der Waals surface area contributed by atoms with E-state index in [1.165, 1.54) is 6.07 Å². The highest BCUT2D eigenvalue weighted by molar-refractivity contribution is 7.92. The average molecular weight is 643 g/mol. The van der Waals surface area contributed by atoms with Crippen LogP contribution in [0.2, 0.25) is 0 Å². The molecule has 0 saturated carbocycles. The highest BCUT2D eigenvalue weighted by atomic mass is 32.2. The Labute approximate surface area is 235 Å². The Kier molecular flexibility index (Phi) is 10.4. The van der Waals surface area contributed by atoms with E-state index in [1.54, 1.807) is 4.72 Å². The van der Waals surface area contributed by atoms with Crippen LogP contribution in [0.3, 0.4) is 0 Å². The molecule has 0 saturated heterocycles. The lowest BCUT2D eigenvalue weighted by Gasteiger charge is -2.15. The molecule has 1 heterocycles. The number of ether oxygens (including phenoxy) is 2. The van der Waals surface area contributed by atoms with Crippen LogP contribution in [0.15, 0.2) is 28.5 Å². The lowest BCUT2D eigenvalue weighted by Crippen LogP contribution is -2.27. The van der Waals surface area contributed by atoms with Crippen LogP contribution >= 0.6 is 18.7 Å². The summed E-state index contributed by atoms with van der Waals surface area (Å²) < 4.78 is 121. The van der Waals surface area contributed by atoms with Gasteiger partial charge < -0.3 is 25.8 Å². The Morgan fingerprint density at radius 1 is 1.05 bits per heavy atom. The maximum Gasteiger partial charge on any atom is 0.417 e. The fourth-order valence-corrected chi connectivity index (χ4v) is 7.74. The van der Waals surface area contributed by atoms with E-state index in [0.29, 0.717) is 30.2 Å². The number of hydrogen-bond donors (Lipinski definition) is 4. The van der Waals surface area contributed by atoms with Crippen LogP contribution in [0.5, 0.6) is 11.5 Å². The molecule has 0 aliphatic carbocycles. The van der Waals surface area contributed by atoms with Gasteiger partial charge in [-0.25, -0.2) is 21.9 Å². The largest absolute Gasteiger partial charge is 0.487 e. The van der Waals surface area contributed by atoms with Crippen molar-refractivity contribution in [3.05, 3.63) is 47.0 Å². The first-order chi connectivity index (χ1) is 19.2. The average Bonchev–Trinajstić information content (AvgIpc) is 3.38. The molecule has 0 aliphatic rings. The van der Waals surface area contributed by atoms with Crippen LogP contribution in [0, 0.1) is 23.0 Å². The van der Waals surface area contributed by atoms with E-state index in [0.717, 1.165) is 12.1 Å². The number of alkyl halides is 3. The number of hydrogen-bond acceptors (Lipinski definition) is 9. The maximum atomic E-state index is 15.4. The van der Waals surface area contributed by atoms with Gasteiger partial charge in [-0.15, -0.1) is 11.3 Å². The summed E-state index contributed by atoms with van der Waals surface area (Å²) in [5, 5.41) is 7.66. The van der Waals surface area contributed by atoms with Gasteiger partial charge in [0, 0.05) is 10.7 Å². The zero-order valence-electron chi connectivity index (χ0n) is 21.0. The Bertz CT molecular complexity index is 1570. The van der Waals surface area contributed by atoms with E-state index in [4.69, 9.17) is 26.2 Å². The number of nitrogens with one attached hydrogen (secondary N) is 1. The van der Waals surface area contributed by atoms with Crippen molar-refractivity contribution in [2.45, 2.75) is 23.2 Å². The number of benzene rings is 2. The normalized spacial score (nSPS) is 13.6. The van der Waals surface area contributed by atoms with Gasteiger partial charge in [0.15, 0.2) is 11.6 Å². The molecule has 0 fully saturated rings. The third-order valence-electron chi connectivity index (χ3n) is 5.51. The maximum absolute atomic E-state index is 15.4. The predicted octanol–water partition coefficient (Wildman–Crippen LogP) is 3.36. The SMILES string of the molecule is N#Cc1ccc(P(=O)(O)CNS(=O)(=O)c2cc3c(F)c(OCCCN)c(OCCCN)c(F)c3s2)cc1C(F)(F)F. The molecule has 0 aliphatic heterocycles. The molecule has 0 amide bonds. The minimum Gasteiger partial charge on any atom is -0.487 e. The van der Waals surface area contributed by atoms with Gasteiger partial charge in [-0.2, -0.15) is 18.4 Å². The van der Waals surface area contributed by atoms with Crippen LogP contribution in [-0.2, 0) is 20.8 Å². The second kappa shape index (κ2) is 13.0. The van der Waals surface area contributed by atoms with Gasteiger partial charge in [0.05, 0.1) is 41.4 Å². The van der Waals surface area contributed by atoms with Crippen molar-refractivity contribution >= 4 is 44.1 Å². The third-order valence-corrected chi connectivity index (χ3v) is 10.4. The Hall–Kier alpha value is -2.84. The van der Waals surface area contributed by atoms with Crippen LogP contribution in [-0.4, -0.2) is 45.9 Å². The quantitative estimate of drug-likeness (QED) is 0.124. The van der Waals surface area contributed by atoms with E-state index < -0.39 is 83.7 Å². The number of nitrogens with two attached hydrogens (primary N) is 2. The second-order valence-corrected chi connectivity index (χ2v) is 13.7. The molecule has 6 N–H and O–H groups in total. The smallest absolute Gasteiger partial charge is 0.417 e. The summed E-state index contributed by atoms with van der Waals surface area (Å²) in [4.78, 5) is 10.4. The molecule has 3 rings (SSSR count). The lowest BCUT2D eigenvalue weighted by atomic mass is 10.1. The molecule has 1 unspecified atom stereocenters. The highest BCUT2D eigenvalue weighted by Crippen LogP contribution is 2.45. The fraction of sp³-hybridized carbons (Fsp3) is 0.348.